The van der Waals surface area contributed by atoms with Gasteiger partial charge in [0.1, 0.15) is 11.1 Å². The van der Waals surface area contributed by atoms with Gasteiger partial charge in [0.2, 0.25) is 0 Å². The summed E-state index contributed by atoms with van der Waals surface area (Å²) in [5.41, 5.74) is 5.58. The fourth-order valence-corrected chi connectivity index (χ4v) is 1.38. The summed E-state index contributed by atoms with van der Waals surface area (Å²) in [5.74, 6) is -0.0452. The highest BCUT2D eigenvalue weighted by Crippen LogP contribution is 2.12. The monoisotopic (exact) mass is 222 g/mol. The van der Waals surface area contributed by atoms with Crippen LogP contribution in [-0.2, 0) is 0 Å². The molecular formula is C10H7ClN2O2. The third-order valence-corrected chi connectivity index (χ3v) is 2.19. The molecular weight excluding hydrogens is 216 g/mol. The molecule has 2 N–H and O–H groups in total. The minimum Gasteiger partial charge on any atom is -0.422 e. The average molecular weight is 223 g/mol. The van der Waals surface area contributed by atoms with Crippen LogP contribution in [0.15, 0.2) is 44.1 Å². The fourth-order valence-electron chi connectivity index (χ4n) is 1.29. The minimum absolute atomic E-state index is 0.0452. The van der Waals surface area contributed by atoms with Crippen LogP contribution in [0.1, 0.15) is 5.56 Å². The van der Waals surface area contributed by atoms with Gasteiger partial charge in [0.15, 0.2) is 5.84 Å². The molecule has 0 saturated carbocycles. The summed E-state index contributed by atoms with van der Waals surface area (Å²) >= 11 is 5.19. The molecule has 0 fully saturated rings. The van der Waals surface area contributed by atoms with Crippen LogP contribution in [0.3, 0.4) is 0 Å². The topological polar surface area (TPSA) is 68.6 Å². The largest absolute Gasteiger partial charge is 0.422 e. The lowest BCUT2D eigenvalue weighted by molar-refractivity contribution is 0.559. The molecule has 2 aromatic rings. The number of para-hydroxylation sites is 1. The van der Waals surface area contributed by atoms with Crippen molar-refractivity contribution in [3.05, 3.63) is 46.3 Å². The van der Waals surface area contributed by atoms with Gasteiger partial charge in [0.05, 0.1) is 0 Å². The summed E-state index contributed by atoms with van der Waals surface area (Å²) in [4.78, 5) is 11.4. The maximum Gasteiger partial charge on any atom is 0.347 e. The second kappa shape index (κ2) is 3.74. The van der Waals surface area contributed by atoms with E-state index in [0.29, 0.717) is 5.58 Å². The van der Waals surface area contributed by atoms with Crippen molar-refractivity contribution < 1.29 is 4.42 Å². The van der Waals surface area contributed by atoms with E-state index >= 15 is 0 Å². The zero-order valence-corrected chi connectivity index (χ0v) is 8.36. The van der Waals surface area contributed by atoms with Crippen LogP contribution in [0.5, 0.6) is 0 Å². The molecule has 0 atom stereocenters. The quantitative estimate of drug-likeness (QED) is 0.453. The normalized spacial score (nSPS) is 11.9. The Bertz CT molecular complexity index is 589. The Morgan fingerprint density at radius 3 is 2.87 bits per heavy atom. The highest BCUT2D eigenvalue weighted by atomic mass is 35.5. The molecule has 76 valence electrons. The standard InChI is InChI=1S/C10H7ClN2O2/c11-13-9(12)7-5-6-3-1-2-4-8(6)15-10(7)14/h1-5H,(H2,12,13). The summed E-state index contributed by atoms with van der Waals surface area (Å²) in [6.07, 6.45) is 0. The second-order valence-electron chi connectivity index (χ2n) is 2.96. The Balaban J connectivity index is 2.78. The van der Waals surface area contributed by atoms with Gasteiger partial charge in [-0.2, -0.15) is 4.51 Å². The van der Waals surface area contributed by atoms with Gasteiger partial charge < -0.3 is 10.2 Å². The van der Waals surface area contributed by atoms with Crippen molar-refractivity contribution in [3.63, 3.8) is 0 Å². The van der Waals surface area contributed by atoms with E-state index < -0.39 is 5.63 Å². The summed E-state index contributed by atoms with van der Waals surface area (Å²) in [6, 6.07) is 8.73. The van der Waals surface area contributed by atoms with Crippen LogP contribution in [0, 0.1) is 0 Å². The summed E-state index contributed by atoms with van der Waals surface area (Å²) < 4.78 is 8.27. The van der Waals surface area contributed by atoms with E-state index in [1.54, 1.807) is 18.2 Å². The fraction of sp³-hybridized carbons (Fsp3) is 0. The molecule has 1 aromatic heterocycles. The molecule has 0 amide bonds. The van der Waals surface area contributed by atoms with E-state index in [9.17, 15) is 4.79 Å². The molecule has 0 aliphatic carbocycles. The van der Waals surface area contributed by atoms with E-state index in [-0.39, 0.29) is 11.4 Å². The molecule has 0 saturated heterocycles. The van der Waals surface area contributed by atoms with Gasteiger partial charge in [0.25, 0.3) is 0 Å². The number of nitrogens with zero attached hydrogens (tertiary/aromatic N) is 1. The predicted molar refractivity (Wildman–Crippen MR) is 59.1 cm³/mol. The van der Waals surface area contributed by atoms with Crippen molar-refractivity contribution in [1.29, 1.82) is 0 Å². The molecule has 0 bridgehead atoms. The minimum atomic E-state index is -0.546. The third kappa shape index (κ3) is 1.71. The molecule has 15 heavy (non-hydrogen) atoms. The Hall–Kier alpha value is -1.81. The third-order valence-electron chi connectivity index (χ3n) is 2.01. The van der Waals surface area contributed by atoms with Crippen LogP contribution in [0.2, 0.25) is 0 Å². The number of nitrogens with two attached hydrogens (primary N) is 1. The van der Waals surface area contributed by atoms with Crippen LogP contribution < -0.4 is 11.4 Å². The lowest BCUT2D eigenvalue weighted by Gasteiger charge is -1.99. The van der Waals surface area contributed by atoms with E-state index in [1.165, 1.54) is 0 Å². The van der Waals surface area contributed by atoms with Crippen LogP contribution in [0.25, 0.3) is 11.0 Å². The number of hydrogen-bond donors (Lipinski definition) is 1. The SMILES string of the molecule is N/C(=N\Cl)c1cc2ccccc2oc1=O. The highest BCUT2D eigenvalue weighted by molar-refractivity contribution is 6.22. The summed E-state index contributed by atoms with van der Waals surface area (Å²) in [6.45, 7) is 0. The van der Waals surface area contributed by atoms with Crippen molar-refractivity contribution >= 4 is 28.6 Å². The molecule has 4 nitrogen and oxygen atoms in total. The molecule has 0 unspecified atom stereocenters. The van der Waals surface area contributed by atoms with Crippen molar-refractivity contribution in [1.82, 2.24) is 0 Å². The van der Waals surface area contributed by atoms with E-state index in [1.807, 2.05) is 12.1 Å². The van der Waals surface area contributed by atoms with Gasteiger partial charge in [-0.05, 0) is 12.1 Å². The Morgan fingerprint density at radius 1 is 1.40 bits per heavy atom. The first-order valence-corrected chi connectivity index (χ1v) is 4.54. The predicted octanol–water partition coefficient (Wildman–Crippen LogP) is 1.65. The first-order chi connectivity index (χ1) is 7.22. The molecule has 1 heterocycles. The molecule has 1 aromatic carbocycles. The van der Waals surface area contributed by atoms with Crippen molar-refractivity contribution in [2.75, 3.05) is 0 Å². The van der Waals surface area contributed by atoms with Crippen LogP contribution in [-0.4, -0.2) is 5.84 Å². The number of hydrogen-bond acceptors (Lipinski definition) is 3. The van der Waals surface area contributed by atoms with E-state index in [0.717, 1.165) is 5.39 Å². The first-order valence-electron chi connectivity index (χ1n) is 4.20. The van der Waals surface area contributed by atoms with Crippen LogP contribution in [0.4, 0.5) is 0 Å². The van der Waals surface area contributed by atoms with Crippen molar-refractivity contribution in [2.45, 2.75) is 0 Å². The number of benzene rings is 1. The maximum absolute atomic E-state index is 11.4. The Labute approximate surface area is 90.1 Å². The Morgan fingerprint density at radius 2 is 2.13 bits per heavy atom. The lowest BCUT2D eigenvalue weighted by atomic mass is 10.2. The highest BCUT2D eigenvalue weighted by Gasteiger charge is 2.07. The molecule has 5 heteroatoms. The summed E-state index contributed by atoms with van der Waals surface area (Å²) in [5, 5.41) is 0.773. The van der Waals surface area contributed by atoms with Gasteiger partial charge >= 0.3 is 5.63 Å². The number of rotatable bonds is 1. The molecule has 0 spiro atoms. The second-order valence-corrected chi connectivity index (χ2v) is 3.12. The zero-order chi connectivity index (χ0) is 10.8. The van der Waals surface area contributed by atoms with Crippen LogP contribution >= 0.6 is 11.8 Å². The number of amidine groups is 1. The first kappa shape index (κ1) is 9.73. The van der Waals surface area contributed by atoms with E-state index in [4.69, 9.17) is 21.9 Å². The average Bonchev–Trinajstić information content (AvgIpc) is 2.27. The van der Waals surface area contributed by atoms with Gasteiger partial charge in [-0.15, -0.1) is 0 Å². The molecule has 0 aliphatic heterocycles. The molecule has 0 radical (unpaired) electrons. The van der Waals surface area contributed by atoms with Gasteiger partial charge in [0, 0.05) is 17.2 Å². The zero-order valence-electron chi connectivity index (χ0n) is 7.61. The smallest absolute Gasteiger partial charge is 0.347 e. The lowest BCUT2D eigenvalue weighted by Crippen LogP contribution is -2.21. The number of halogens is 1. The van der Waals surface area contributed by atoms with Gasteiger partial charge in [-0.3, -0.25) is 0 Å². The summed E-state index contributed by atoms with van der Waals surface area (Å²) in [7, 11) is 0. The maximum atomic E-state index is 11.4. The van der Waals surface area contributed by atoms with Gasteiger partial charge in [-0.1, -0.05) is 18.2 Å². The number of fused-ring (bicyclic) bond motifs is 1. The Kier molecular flexibility index (Phi) is 2.43. The van der Waals surface area contributed by atoms with E-state index in [2.05, 4.69) is 4.51 Å². The van der Waals surface area contributed by atoms with Crippen molar-refractivity contribution in [3.8, 4) is 0 Å². The van der Waals surface area contributed by atoms with Crippen molar-refractivity contribution in [2.24, 2.45) is 10.2 Å². The molecule has 2 rings (SSSR count). The van der Waals surface area contributed by atoms with Gasteiger partial charge in [-0.25, -0.2) is 4.79 Å². The molecule has 0 aliphatic rings.